The molecule has 1 aliphatic rings. The Kier molecular flexibility index (Phi) is 7.54. The van der Waals surface area contributed by atoms with Crippen molar-refractivity contribution >= 4 is 17.5 Å². The van der Waals surface area contributed by atoms with Crippen LogP contribution >= 0.6 is 0 Å². The monoisotopic (exact) mass is 495 g/mol. The number of hydrogen-bond acceptors (Lipinski definition) is 5. The summed E-state index contributed by atoms with van der Waals surface area (Å²) in [5.41, 5.74) is 1.22. The molecule has 0 fully saturated rings. The van der Waals surface area contributed by atoms with Gasteiger partial charge in [0, 0.05) is 29.6 Å². The molecule has 0 aromatic heterocycles. The van der Waals surface area contributed by atoms with Crippen LogP contribution in [0, 0.1) is 11.3 Å². The van der Waals surface area contributed by atoms with E-state index in [1.54, 1.807) is 73.0 Å². The molecule has 1 atom stereocenters. The molecule has 36 heavy (non-hydrogen) atoms. The molecule has 0 saturated heterocycles. The van der Waals surface area contributed by atoms with E-state index in [1.807, 2.05) is 0 Å². The number of ether oxygens (including phenoxy) is 2. The number of allylic oxidation sites excluding steroid dienone is 1. The third-order valence-electron chi connectivity index (χ3n) is 5.82. The van der Waals surface area contributed by atoms with E-state index in [2.05, 4.69) is 16.4 Å². The lowest BCUT2D eigenvalue weighted by atomic mass is 9.69. The molecule has 0 bridgehead atoms. The molecule has 9 heteroatoms. The van der Waals surface area contributed by atoms with Crippen molar-refractivity contribution in [3.63, 3.8) is 0 Å². The fraction of sp³-hybridized carbons (Fsp3) is 0.185. The predicted octanol–water partition coefficient (Wildman–Crippen LogP) is 6.28. The van der Waals surface area contributed by atoms with Gasteiger partial charge in [0.2, 0.25) is 0 Å². The highest BCUT2D eigenvalue weighted by Crippen LogP contribution is 2.47. The summed E-state index contributed by atoms with van der Waals surface area (Å²) in [6.07, 6.45) is 3.20. The smallest absolute Gasteiger partial charge is 0.387 e. The van der Waals surface area contributed by atoms with Crippen molar-refractivity contribution in [1.29, 1.82) is 5.26 Å². The second kappa shape index (κ2) is 11.0. The van der Waals surface area contributed by atoms with Crippen molar-refractivity contribution in [3.8, 4) is 17.6 Å². The van der Waals surface area contributed by atoms with Crippen LogP contribution in [0.2, 0.25) is 0 Å². The third-order valence-corrected chi connectivity index (χ3v) is 5.82. The van der Waals surface area contributed by atoms with Gasteiger partial charge in [-0.15, -0.1) is 0 Å². The van der Waals surface area contributed by atoms with Gasteiger partial charge in [0.25, 0.3) is 0 Å². The van der Waals surface area contributed by atoms with Gasteiger partial charge in [0.05, 0.1) is 23.6 Å². The first-order valence-electron chi connectivity index (χ1n) is 11.0. The SMILES string of the molecule is N#Cc1cccc(NCC2(c3ccccc3OC(F)F)CN=CC=C2c2ccccc2OC(F)F)c1. The summed E-state index contributed by atoms with van der Waals surface area (Å²) in [7, 11) is 0. The molecular formula is C27H21F4N3O2. The average Bonchev–Trinajstić information content (AvgIpc) is 2.88. The van der Waals surface area contributed by atoms with Crippen molar-refractivity contribution in [3.05, 3.63) is 95.6 Å². The molecule has 1 heterocycles. The number of halogens is 4. The number of para-hydroxylation sites is 2. The Bertz CT molecular complexity index is 1320. The number of aliphatic imine (C=N–C) groups is 1. The van der Waals surface area contributed by atoms with E-state index >= 15 is 0 Å². The standard InChI is InChI=1S/C27H21F4N3O2/c28-25(29)35-23-10-3-1-8-20(23)21-12-13-33-16-27(21,17-34-19-7-5-6-18(14-19)15-32)22-9-2-4-11-24(22)36-26(30)31/h1-14,25-26,34H,16-17H2. The first-order chi connectivity index (χ1) is 17.4. The summed E-state index contributed by atoms with van der Waals surface area (Å²) >= 11 is 0. The molecule has 0 amide bonds. The third kappa shape index (κ3) is 5.33. The molecule has 1 unspecified atom stereocenters. The second-order valence-electron chi connectivity index (χ2n) is 7.95. The molecular weight excluding hydrogens is 474 g/mol. The number of rotatable bonds is 9. The van der Waals surface area contributed by atoms with Gasteiger partial charge in [-0.3, -0.25) is 4.99 Å². The van der Waals surface area contributed by atoms with Gasteiger partial charge in [0.15, 0.2) is 0 Å². The van der Waals surface area contributed by atoms with E-state index in [0.717, 1.165) is 0 Å². The number of anilines is 1. The topological polar surface area (TPSA) is 66.6 Å². The van der Waals surface area contributed by atoms with Crippen molar-refractivity contribution in [2.24, 2.45) is 4.99 Å². The quantitative estimate of drug-likeness (QED) is 0.355. The molecule has 1 aliphatic heterocycles. The van der Waals surface area contributed by atoms with Crippen LogP contribution in [-0.4, -0.2) is 32.5 Å². The Hall–Kier alpha value is -4.32. The number of nitriles is 1. The van der Waals surface area contributed by atoms with Crippen molar-refractivity contribution in [1.82, 2.24) is 0 Å². The fourth-order valence-corrected chi connectivity index (χ4v) is 4.30. The molecule has 3 aromatic carbocycles. The molecule has 4 rings (SSSR count). The maximum Gasteiger partial charge on any atom is 0.387 e. The van der Waals surface area contributed by atoms with Gasteiger partial charge < -0.3 is 14.8 Å². The van der Waals surface area contributed by atoms with Crippen molar-refractivity contribution in [2.45, 2.75) is 18.6 Å². The Morgan fingerprint density at radius 3 is 2.36 bits per heavy atom. The Morgan fingerprint density at radius 2 is 1.61 bits per heavy atom. The van der Waals surface area contributed by atoms with Gasteiger partial charge in [-0.05, 0) is 42.0 Å². The van der Waals surface area contributed by atoms with E-state index < -0.39 is 18.6 Å². The number of dihydropyridines is 1. The number of benzene rings is 3. The van der Waals surface area contributed by atoms with E-state index in [0.29, 0.717) is 28.0 Å². The Balaban J connectivity index is 1.87. The summed E-state index contributed by atoms with van der Waals surface area (Å²) in [6, 6.07) is 21.5. The minimum absolute atomic E-state index is 0.0582. The highest BCUT2D eigenvalue weighted by atomic mass is 19.3. The van der Waals surface area contributed by atoms with Crippen LogP contribution < -0.4 is 14.8 Å². The van der Waals surface area contributed by atoms with Crippen LogP contribution in [0.4, 0.5) is 23.2 Å². The average molecular weight is 495 g/mol. The van der Waals surface area contributed by atoms with Crippen molar-refractivity contribution < 1.29 is 27.0 Å². The summed E-state index contributed by atoms with van der Waals surface area (Å²) < 4.78 is 62.8. The van der Waals surface area contributed by atoms with Gasteiger partial charge in [-0.25, -0.2) is 0 Å². The molecule has 0 saturated carbocycles. The number of nitrogens with one attached hydrogen (secondary N) is 1. The van der Waals surface area contributed by atoms with Gasteiger partial charge in [-0.1, -0.05) is 42.5 Å². The Labute approximate surface area is 205 Å². The zero-order valence-corrected chi connectivity index (χ0v) is 18.9. The molecule has 0 aliphatic carbocycles. The summed E-state index contributed by atoms with van der Waals surface area (Å²) in [5.74, 6) is -0.118. The van der Waals surface area contributed by atoms with E-state index in [-0.39, 0.29) is 24.6 Å². The lowest BCUT2D eigenvalue weighted by Gasteiger charge is -2.39. The lowest BCUT2D eigenvalue weighted by Crippen LogP contribution is -2.41. The maximum atomic E-state index is 13.3. The zero-order chi connectivity index (χ0) is 25.5. The predicted molar refractivity (Wildman–Crippen MR) is 129 cm³/mol. The van der Waals surface area contributed by atoms with Gasteiger partial charge >= 0.3 is 13.2 Å². The van der Waals surface area contributed by atoms with E-state index in [9.17, 15) is 22.8 Å². The first-order valence-corrected chi connectivity index (χ1v) is 11.0. The largest absolute Gasteiger partial charge is 0.435 e. The zero-order valence-electron chi connectivity index (χ0n) is 18.9. The molecule has 1 N–H and O–H groups in total. The molecule has 5 nitrogen and oxygen atoms in total. The minimum atomic E-state index is -3.07. The van der Waals surface area contributed by atoms with E-state index in [1.165, 1.54) is 12.1 Å². The maximum absolute atomic E-state index is 13.3. The summed E-state index contributed by atoms with van der Waals surface area (Å²) in [6.45, 7) is -5.90. The molecule has 184 valence electrons. The highest BCUT2D eigenvalue weighted by Gasteiger charge is 2.41. The minimum Gasteiger partial charge on any atom is -0.435 e. The number of nitrogens with zero attached hydrogens (tertiary/aromatic N) is 2. The second-order valence-corrected chi connectivity index (χ2v) is 7.95. The van der Waals surface area contributed by atoms with Crippen LogP contribution in [0.15, 0.2) is 83.9 Å². The molecule has 0 radical (unpaired) electrons. The summed E-state index contributed by atoms with van der Waals surface area (Å²) in [5, 5.41) is 12.5. The van der Waals surface area contributed by atoms with Crippen molar-refractivity contribution in [2.75, 3.05) is 18.4 Å². The van der Waals surface area contributed by atoms with Gasteiger partial charge in [0.1, 0.15) is 11.5 Å². The number of alkyl halides is 4. The highest BCUT2D eigenvalue weighted by molar-refractivity contribution is 5.93. The van der Waals surface area contributed by atoms with Crippen LogP contribution in [0.3, 0.4) is 0 Å². The van der Waals surface area contributed by atoms with Crippen LogP contribution in [0.1, 0.15) is 16.7 Å². The molecule has 0 spiro atoms. The van der Waals surface area contributed by atoms with E-state index in [4.69, 9.17) is 9.47 Å². The fourth-order valence-electron chi connectivity index (χ4n) is 4.30. The number of hydrogen-bond donors (Lipinski definition) is 1. The Morgan fingerprint density at radius 1 is 0.917 bits per heavy atom. The van der Waals surface area contributed by atoms with Crippen LogP contribution in [0.5, 0.6) is 11.5 Å². The summed E-state index contributed by atoms with van der Waals surface area (Å²) in [4.78, 5) is 4.41. The van der Waals surface area contributed by atoms with Gasteiger partial charge in [-0.2, -0.15) is 22.8 Å². The van der Waals surface area contributed by atoms with Crippen LogP contribution in [-0.2, 0) is 5.41 Å². The van der Waals surface area contributed by atoms with Crippen LogP contribution in [0.25, 0.3) is 5.57 Å². The lowest BCUT2D eigenvalue weighted by molar-refractivity contribution is -0.0514. The first kappa shape index (κ1) is 24.8. The molecule has 3 aromatic rings. The normalized spacial score (nSPS) is 17.0.